The third kappa shape index (κ3) is 2.29. The highest BCUT2D eigenvalue weighted by Crippen LogP contribution is 2.24. The number of ether oxygens (including phenoxy) is 1. The van der Waals surface area contributed by atoms with Crippen molar-refractivity contribution in [1.82, 2.24) is 9.97 Å². The Labute approximate surface area is 108 Å². The summed E-state index contributed by atoms with van der Waals surface area (Å²) in [4.78, 5) is 19.2. The predicted molar refractivity (Wildman–Crippen MR) is 69.8 cm³/mol. The summed E-state index contributed by atoms with van der Waals surface area (Å²) in [7, 11) is 0. The molecule has 0 saturated carbocycles. The fraction of sp³-hybridized carbons (Fsp3) is 0.636. The largest absolute Gasteiger partial charge is 0.381 e. The zero-order chi connectivity index (χ0) is 11.7. The van der Waals surface area contributed by atoms with Gasteiger partial charge in [0.25, 0.3) is 5.56 Å². The quantitative estimate of drug-likeness (QED) is 0.842. The van der Waals surface area contributed by atoms with E-state index in [9.17, 15) is 4.79 Å². The molecule has 0 aromatic carbocycles. The Kier molecular flexibility index (Phi) is 3.63. The average Bonchev–Trinajstić information content (AvgIpc) is 2.74. The summed E-state index contributed by atoms with van der Waals surface area (Å²) in [5.41, 5.74) is 0.868. The van der Waals surface area contributed by atoms with Crippen molar-refractivity contribution < 1.29 is 4.74 Å². The predicted octanol–water partition coefficient (Wildman–Crippen LogP) is 2.00. The lowest BCUT2D eigenvalue weighted by Crippen LogP contribution is -2.21. The van der Waals surface area contributed by atoms with E-state index in [4.69, 9.17) is 4.74 Å². The third-order valence-electron chi connectivity index (χ3n) is 2.77. The van der Waals surface area contributed by atoms with Crippen molar-refractivity contribution >= 4 is 22.6 Å². The van der Waals surface area contributed by atoms with Gasteiger partial charge in [-0.25, -0.2) is 4.98 Å². The second kappa shape index (κ2) is 4.83. The maximum Gasteiger partial charge on any atom is 0.264 e. The minimum atomic E-state index is -0.0267. The molecule has 1 fully saturated rings. The Bertz CT molecular complexity index is 436. The Morgan fingerprint density at radius 1 is 1.56 bits per heavy atom. The van der Waals surface area contributed by atoms with Gasteiger partial charge in [0.2, 0.25) is 0 Å². The number of rotatable bonds is 2. The number of hydrogen-bond donors (Lipinski definition) is 1. The van der Waals surface area contributed by atoms with Gasteiger partial charge >= 0.3 is 0 Å². The maximum absolute atomic E-state index is 11.8. The first-order chi connectivity index (χ1) is 7.59. The summed E-state index contributed by atoms with van der Waals surface area (Å²) in [6.07, 6.45) is 0.946. The van der Waals surface area contributed by atoms with E-state index < -0.39 is 0 Å². The van der Waals surface area contributed by atoms with E-state index in [-0.39, 0.29) is 17.4 Å². The Balaban J connectivity index is 2.43. The van der Waals surface area contributed by atoms with Gasteiger partial charge in [0.1, 0.15) is 5.82 Å². The fourth-order valence-electron chi connectivity index (χ4n) is 1.82. The van der Waals surface area contributed by atoms with Crippen LogP contribution in [0.3, 0.4) is 0 Å². The minimum Gasteiger partial charge on any atom is -0.381 e. The summed E-state index contributed by atoms with van der Waals surface area (Å²) in [5, 5.41) is 0. The zero-order valence-electron chi connectivity index (χ0n) is 9.42. The molecule has 1 unspecified atom stereocenters. The van der Waals surface area contributed by atoms with Gasteiger partial charge in [0, 0.05) is 12.5 Å². The number of nitrogens with one attached hydrogen (secondary N) is 1. The van der Waals surface area contributed by atoms with Gasteiger partial charge in [-0.3, -0.25) is 4.79 Å². The van der Waals surface area contributed by atoms with E-state index >= 15 is 0 Å². The molecule has 1 aliphatic heterocycles. The summed E-state index contributed by atoms with van der Waals surface area (Å²) >= 11 is 2.06. The van der Waals surface area contributed by atoms with Crippen LogP contribution < -0.4 is 5.56 Å². The lowest BCUT2D eigenvalue weighted by molar-refractivity contribution is 0.193. The second-order valence-corrected chi connectivity index (χ2v) is 5.44. The van der Waals surface area contributed by atoms with E-state index in [1.54, 1.807) is 0 Å². The average molecular weight is 334 g/mol. The second-order valence-electron chi connectivity index (χ2n) is 4.37. The number of halogens is 1. The highest BCUT2D eigenvalue weighted by atomic mass is 127. The van der Waals surface area contributed by atoms with Crippen LogP contribution in [-0.2, 0) is 4.74 Å². The van der Waals surface area contributed by atoms with Gasteiger partial charge in [-0.15, -0.1) is 0 Å². The molecule has 1 aliphatic rings. The minimum absolute atomic E-state index is 0.0267. The van der Waals surface area contributed by atoms with E-state index in [0.717, 1.165) is 24.5 Å². The molecule has 4 nitrogen and oxygen atoms in total. The Morgan fingerprint density at radius 3 is 2.88 bits per heavy atom. The molecule has 5 heteroatoms. The van der Waals surface area contributed by atoms with Crippen LogP contribution in [0.5, 0.6) is 0 Å². The lowest BCUT2D eigenvalue weighted by Gasteiger charge is -2.12. The van der Waals surface area contributed by atoms with Gasteiger partial charge in [0.05, 0.1) is 15.9 Å². The van der Waals surface area contributed by atoms with Crippen LogP contribution in [0.15, 0.2) is 4.79 Å². The highest BCUT2D eigenvalue weighted by molar-refractivity contribution is 14.1. The van der Waals surface area contributed by atoms with Crippen LogP contribution in [0.25, 0.3) is 0 Å². The van der Waals surface area contributed by atoms with Gasteiger partial charge in [-0.2, -0.15) is 0 Å². The highest BCUT2D eigenvalue weighted by Gasteiger charge is 2.22. The third-order valence-corrected chi connectivity index (χ3v) is 3.81. The Morgan fingerprint density at radius 2 is 2.31 bits per heavy atom. The van der Waals surface area contributed by atoms with Crippen LogP contribution in [0.1, 0.15) is 43.6 Å². The first kappa shape index (κ1) is 12.0. The fourth-order valence-corrected chi connectivity index (χ4v) is 2.70. The van der Waals surface area contributed by atoms with Gasteiger partial charge in [0.15, 0.2) is 0 Å². The summed E-state index contributed by atoms with van der Waals surface area (Å²) in [6.45, 7) is 5.54. The van der Waals surface area contributed by atoms with Crippen molar-refractivity contribution in [2.24, 2.45) is 0 Å². The maximum atomic E-state index is 11.8. The molecule has 2 heterocycles. The summed E-state index contributed by atoms with van der Waals surface area (Å²) < 4.78 is 6.02. The van der Waals surface area contributed by atoms with Crippen molar-refractivity contribution in [1.29, 1.82) is 0 Å². The van der Waals surface area contributed by atoms with Crippen molar-refractivity contribution in [2.45, 2.75) is 32.1 Å². The molecule has 1 N–H and O–H groups in total. The molecule has 0 radical (unpaired) electrons. The van der Waals surface area contributed by atoms with Crippen LogP contribution in [0, 0.1) is 3.57 Å². The number of H-pyrrole nitrogens is 1. The monoisotopic (exact) mass is 334 g/mol. The molecular weight excluding hydrogens is 319 g/mol. The van der Waals surface area contributed by atoms with E-state index in [1.165, 1.54) is 0 Å². The van der Waals surface area contributed by atoms with E-state index in [2.05, 4.69) is 46.4 Å². The van der Waals surface area contributed by atoms with Gasteiger partial charge < -0.3 is 9.72 Å². The number of aromatic nitrogens is 2. The van der Waals surface area contributed by atoms with Crippen molar-refractivity contribution in [3.63, 3.8) is 0 Å². The lowest BCUT2D eigenvalue weighted by atomic mass is 10.1. The van der Waals surface area contributed by atoms with Crippen LogP contribution in [0.4, 0.5) is 0 Å². The Hall–Kier alpha value is -0.430. The van der Waals surface area contributed by atoms with Crippen molar-refractivity contribution in [3.8, 4) is 0 Å². The smallest absolute Gasteiger partial charge is 0.264 e. The number of nitrogens with zero attached hydrogens (tertiary/aromatic N) is 1. The van der Waals surface area contributed by atoms with Gasteiger partial charge in [-0.1, -0.05) is 13.8 Å². The summed E-state index contributed by atoms with van der Waals surface area (Å²) in [6, 6.07) is 0. The molecule has 0 spiro atoms. The number of aromatic amines is 1. The normalized spacial score (nSPS) is 20.6. The summed E-state index contributed by atoms with van der Waals surface area (Å²) in [5.74, 6) is 1.31. The molecule has 0 aliphatic carbocycles. The molecular formula is C11H15IN2O2. The molecule has 1 aromatic heterocycles. The molecule has 1 saturated heterocycles. The van der Waals surface area contributed by atoms with Crippen LogP contribution in [0.2, 0.25) is 0 Å². The molecule has 1 atom stereocenters. The van der Waals surface area contributed by atoms with Crippen LogP contribution >= 0.6 is 22.6 Å². The standard InChI is InChI=1S/C11H15IN2O2/c1-6(2)9-8(12)11(15)14-10(13-9)7-3-4-16-5-7/h6-7H,3-5H2,1-2H3,(H,13,14,15). The van der Waals surface area contributed by atoms with Gasteiger partial charge in [-0.05, 0) is 34.9 Å². The SMILES string of the molecule is CC(C)c1nc(C2CCOC2)[nH]c(=O)c1I. The zero-order valence-corrected chi connectivity index (χ0v) is 11.6. The van der Waals surface area contributed by atoms with Crippen molar-refractivity contribution in [3.05, 3.63) is 25.4 Å². The van der Waals surface area contributed by atoms with E-state index in [0.29, 0.717) is 10.2 Å². The molecule has 2 rings (SSSR count). The van der Waals surface area contributed by atoms with E-state index in [1.807, 2.05) is 0 Å². The molecule has 0 amide bonds. The first-order valence-corrected chi connectivity index (χ1v) is 6.54. The number of hydrogen-bond acceptors (Lipinski definition) is 3. The molecule has 88 valence electrons. The van der Waals surface area contributed by atoms with Crippen LogP contribution in [-0.4, -0.2) is 23.2 Å². The van der Waals surface area contributed by atoms with Crippen molar-refractivity contribution in [2.75, 3.05) is 13.2 Å². The first-order valence-electron chi connectivity index (χ1n) is 5.47. The molecule has 1 aromatic rings. The molecule has 0 bridgehead atoms. The molecule has 16 heavy (non-hydrogen) atoms. The topological polar surface area (TPSA) is 55.0 Å².